The van der Waals surface area contributed by atoms with Crippen LogP contribution in [-0.4, -0.2) is 12.5 Å². The predicted octanol–water partition coefficient (Wildman–Crippen LogP) is 4.35. The van der Waals surface area contributed by atoms with Crippen molar-refractivity contribution in [2.45, 2.75) is 39.4 Å². The third-order valence-corrected chi connectivity index (χ3v) is 3.08. The van der Waals surface area contributed by atoms with E-state index in [9.17, 15) is 4.79 Å². The minimum atomic E-state index is -0.00635. The van der Waals surface area contributed by atoms with Crippen LogP contribution in [0.15, 0.2) is 18.2 Å². The van der Waals surface area contributed by atoms with Gasteiger partial charge < -0.3 is 10.1 Å². The molecular weight excluding hydrogens is 306 g/mol. The summed E-state index contributed by atoms with van der Waals surface area (Å²) in [6.07, 6.45) is 0.504. The highest BCUT2D eigenvalue weighted by Gasteiger charge is 2.16. The van der Waals surface area contributed by atoms with Crippen LogP contribution in [0.3, 0.4) is 0 Å². The number of amides is 1. The summed E-state index contributed by atoms with van der Waals surface area (Å²) in [5.74, 6) is 0.894. The van der Waals surface area contributed by atoms with Crippen LogP contribution in [0.2, 0.25) is 0 Å². The zero-order valence-electron chi connectivity index (χ0n) is 12.0. The molecule has 0 saturated heterocycles. The Labute approximate surface area is 123 Å². The normalized spacial score (nSPS) is 11.2. The second kappa shape index (κ2) is 6.94. The molecule has 0 atom stereocenters. The fourth-order valence-corrected chi connectivity index (χ4v) is 2.18. The van der Waals surface area contributed by atoms with E-state index in [0.29, 0.717) is 18.4 Å². The van der Waals surface area contributed by atoms with Crippen molar-refractivity contribution < 1.29 is 9.53 Å². The van der Waals surface area contributed by atoms with E-state index in [1.807, 2.05) is 25.1 Å². The molecule has 106 valence electrons. The van der Waals surface area contributed by atoms with Gasteiger partial charge in [0.2, 0.25) is 5.91 Å². The van der Waals surface area contributed by atoms with Crippen LogP contribution in [0.4, 0.5) is 5.69 Å². The van der Waals surface area contributed by atoms with Crippen LogP contribution < -0.4 is 10.1 Å². The Hall–Kier alpha value is -1.03. The molecule has 0 aliphatic rings. The van der Waals surface area contributed by atoms with E-state index in [-0.39, 0.29) is 11.3 Å². The standard InChI is InChI=1S/C15H22BrNO2/c1-5-19-13-7-6-12(8-11(13)10-16)17-14(18)9-15(2,3)4/h6-8H,5,9-10H2,1-4H3,(H,17,18). The maximum atomic E-state index is 11.9. The molecule has 0 fully saturated rings. The first-order valence-corrected chi connectivity index (χ1v) is 7.59. The van der Waals surface area contributed by atoms with Gasteiger partial charge in [0.1, 0.15) is 5.75 Å². The van der Waals surface area contributed by atoms with Crippen LogP contribution >= 0.6 is 15.9 Å². The third-order valence-electron chi connectivity index (χ3n) is 2.48. The molecule has 0 aliphatic carbocycles. The quantitative estimate of drug-likeness (QED) is 0.816. The van der Waals surface area contributed by atoms with Gasteiger partial charge in [0, 0.05) is 23.0 Å². The molecule has 1 amide bonds. The number of carbonyl (C=O) groups is 1. The van der Waals surface area contributed by atoms with Crippen molar-refractivity contribution in [3.63, 3.8) is 0 Å². The Morgan fingerprint density at radius 1 is 1.37 bits per heavy atom. The van der Waals surface area contributed by atoms with Gasteiger partial charge in [-0.05, 0) is 30.5 Å². The van der Waals surface area contributed by atoms with Gasteiger partial charge in [0.15, 0.2) is 0 Å². The Morgan fingerprint density at radius 2 is 2.05 bits per heavy atom. The summed E-state index contributed by atoms with van der Waals surface area (Å²) in [6.45, 7) is 8.74. The molecule has 0 spiro atoms. The molecule has 0 radical (unpaired) electrons. The van der Waals surface area contributed by atoms with Crippen molar-refractivity contribution in [1.29, 1.82) is 0 Å². The summed E-state index contributed by atoms with van der Waals surface area (Å²) in [6, 6.07) is 5.71. The summed E-state index contributed by atoms with van der Waals surface area (Å²) in [7, 11) is 0. The van der Waals surface area contributed by atoms with Crippen molar-refractivity contribution >= 4 is 27.5 Å². The molecule has 4 heteroatoms. The predicted molar refractivity (Wildman–Crippen MR) is 82.9 cm³/mol. The largest absolute Gasteiger partial charge is 0.494 e. The molecule has 3 nitrogen and oxygen atoms in total. The number of hydrogen-bond donors (Lipinski definition) is 1. The maximum absolute atomic E-state index is 11.9. The van der Waals surface area contributed by atoms with E-state index in [0.717, 1.165) is 17.0 Å². The number of ether oxygens (including phenoxy) is 1. The molecule has 1 aromatic carbocycles. The zero-order valence-corrected chi connectivity index (χ0v) is 13.6. The lowest BCUT2D eigenvalue weighted by Crippen LogP contribution is -2.19. The zero-order chi connectivity index (χ0) is 14.5. The SMILES string of the molecule is CCOc1ccc(NC(=O)CC(C)(C)C)cc1CBr. The van der Waals surface area contributed by atoms with Crippen LogP contribution in [0.25, 0.3) is 0 Å². The molecule has 1 aromatic rings. The Morgan fingerprint density at radius 3 is 2.58 bits per heavy atom. The number of hydrogen-bond acceptors (Lipinski definition) is 2. The highest BCUT2D eigenvalue weighted by atomic mass is 79.9. The Balaban J connectivity index is 2.77. The lowest BCUT2D eigenvalue weighted by Gasteiger charge is -2.18. The summed E-state index contributed by atoms with van der Waals surface area (Å²) in [4.78, 5) is 11.9. The molecule has 0 heterocycles. The van der Waals surface area contributed by atoms with Crippen LogP contribution in [0, 0.1) is 5.41 Å². The van der Waals surface area contributed by atoms with Crippen molar-refractivity contribution in [2.24, 2.45) is 5.41 Å². The van der Waals surface area contributed by atoms with E-state index in [2.05, 4.69) is 42.0 Å². The second-order valence-electron chi connectivity index (χ2n) is 5.67. The number of alkyl halides is 1. The van der Waals surface area contributed by atoms with E-state index >= 15 is 0 Å². The molecule has 19 heavy (non-hydrogen) atoms. The first-order valence-electron chi connectivity index (χ1n) is 6.47. The lowest BCUT2D eigenvalue weighted by atomic mass is 9.92. The van der Waals surface area contributed by atoms with Gasteiger partial charge in [-0.3, -0.25) is 4.79 Å². The number of benzene rings is 1. The molecule has 0 aliphatic heterocycles. The molecule has 0 aromatic heterocycles. The smallest absolute Gasteiger partial charge is 0.224 e. The fourth-order valence-electron chi connectivity index (χ4n) is 1.74. The monoisotopic (exact) mass is 327 g/mol. The number of rotatable bonds is 5. The molecular formula is C15H22BrNO2. The van der Waals surface area contributed by atoms with Crippen LogP contribution in [0.1, 0.15) is 39.7 Å². The molecule has 1 N–H and O–H groups in total. The van der Waals surface area contributed by atoms with E-state index in [1.54, 1.807) is 0 Å². The highest BCUT2D eigenvalue weighted by Crippen LogP contribution is 2.26. The summed E-state index contributed by atoms with van der Waals surface area (Å²) in [5, 5.41) is 3.63. The Bertz CT molecular complexity index is 438. The molecule has 0 unspecified atom stereocenters. The van der Waals surface area contributed by atoms with Gasteiger partial charge in [-0.2, -0.15) is 0 Å². The number of nitrogens with one attached hydrogen (secondary N) is 1. The molecule has 0 bridgehead atoms. The number of halogens is 1. The van der Waals surface area contributed by atoms with E-state index < -0.39 is 0 Å². The Kier molecular flexibility index (Phi) is 5.85. The average molecular weight is 328 g/mol. The van der Waals surface area contributed by atoms with Crippen LogP contribution in [-0.2, 0) is 10.1 Å². The van der Waals surface area contributed by atoms with Crippen molar-refractivity contribution in [2.75, 3.05) is 11.9 Å². The van der Waals surface area contributed by atoms with E-state index in [1.165, 1.54) is 0 Å². The van der Waals surface area contributed by atoms with Gasteiger partial charge in [-0.15, -0.1) is 0 Å². The molecule has 1 rings (SSSR count). The average Bonchev–Trinajstić information content (AvgIpc) is 2.28. The van der Waals surface area contributed by atoms with Crippen LogP contribution in [0.5, 0.6) is 5.75 Å². The summed E-state index contributed by atoms with van der Waals surface area (Å²) in [5.41, 5.74) is 1.84. The highest BCUT2D eigenvalue weighted by molar-refractivity contribution is 9.08. The maximum Gasteiger partial charge on any atom is 0.224 e. The van der Waals surface area contributed by atoms with Gasteiger partial charge in [0.25, 0.3) is 0 Å². The topological polar surface area (TPSA) is 38.3 Å². The summed E-state index contributed by atoms with van der Waals surface area (Å²) >= 11 is 3.43. The first-order chi connectivity index (χ1) is 8.85. The summed E-state index contributed by atoms with van der Waals surface area (Å²) < 4.78 is 5.53. The van der Waals surface area contributed by atoms with Crippen molar-refractivity contribution in [1.82, 2.24) is 0 Å². The minimum absolute atomic E-state index is 0.00635. The second-order valence-corrected chi connectivity index (χ2v) is 6.24. The van der Waals surface area contributed by atoms with Gasteiger partial charge in [0.05, 0.1) is 6.61 Å². The number of anilines is 1. The minimum Gasteiger partial charge on any atom is -0.494 e. The molecule has 0 saturated carbocycles. The van der Waals surface area contributed by atoms with Gasteiger partial charge >= 0.3 is 0 Å². The lowest BCUT2D eigenvalue weighted by molar-refractivity contribution is -0.117. The first kappa shape index (κ1) is 16.0. The third kappa shape index (κ3) is 5.64. The van der Waals surface area contributed by atoms with Gasteiger partial charge in [-0.1, -0.05) is 36.7 Å². The van der Waals surface area contributed by atoms with Gasteiger partial charge in [-0.25, -0.2) is 0 Å². The van der Waals surface area contributed by atoms with E-state index in [4.69, 9.17) is 4.74 Å². The fraction of sp³-hybridized carbons (Fsp3) is 0.533. The number of carbonyl (C=O) groups excluding carboxylic acids is 1. The van der Waals surface area contributed by atoms with Crippen molar-refractivity contribution in [3.8, 4) is 5.75 Å². The van der Waals surface area contributed by atoms with Crippen molar-refractivity contribution in [3.05, 3.63) is 23.8 Å².